The van der Waals surface area contributed by atoms with Crippen LogP contribution in [0.1, 0.15) is 69.4 Å². The number of benzene rings is 1. The Morgan fingerprint density at radius 2 is 1.70 bits per heavy atom. The predicted octanol–water partition coefficient (Wildman–Crippen LogP) is 5.09. The van der Waals surface area contributed by atoms with E-state index in [1.165, 1.54) is 44.2 Å². The Balaban J connectivity index is 1.29. The number of carbonyl (C=O) groups excluding carboxylic acids is 1. The van der Waals surface area contributed by atoms with E-state index < -0.39 is 18.1 Å². The molecule has 3 saturated heterocycles. The minimum atomic E-state index is -4.81. The van der Waals surface area contributed by atoms with Gasteiger partial charge in [-0.15, -0.1) is 0 Å². The fraction of sp³-hybridized carbons (Fsp3) is 0.696. The highest BCUT2D eigenvalue weighted by Crippen LogP contribution is 2.40. The number of piperidine rings is 2. The monoisotopic (exact) mass is 424 g/mol. The third kappa shape index (κ3) is 4.76. The molecule has 4 nitrogen and oxygen atoms in total. The van der Waals surface area contributed by atoms with Gasteiger partial charge in [0.15, 0.2) is 0 Å². The molecule has 30 heavy (non-hydrogen) atoms. The molecule has 7 heteroatoms. The van der Waals surface area contributed by atoms with Crippen molar-refractivity contribution in [1.29, 1.82) is 0 Å². The molecule has 0 bridgehead atoms. The van der Waals surface area contributed by atoms with Gasteiger partial charge in [-0.2, -0.15) is 13.2 Å². The number of likely N-dealkylation sites (tertiary alicyclic amines) is 1. The van der Waals surface area contributed by atoms with Crippen LogP contribution >= 0.6 is 0 Å². The molecule has 4 rings (SSSR count). The first-order valence-electron chi connectivity index (χ1n) is 11.3. The van der Waals surface area contributed by atoms with Crippen LogP contribution in [0.15, 0.2) is 24.3 Å². The van der Waals surface area contributed by atoms with E-state index in [1.807, 2.05) is 12.1 Å². The number of hydrogen-bond donors (Lipinski definition) is 0. The summed E-state index contributed by atoms with van der Waals surface area (Å²) in [7, 11) is 0. The van der Waals surface area contributed by atoms with Gasteiger partial charge < -0.3 is 9.64 Å². The van der Waals surface area contributed by atoms with E-state index in [0.29, 0.717) is 31.9 Å². The van der Waals surface area contributed by atoms with Crippen LogP contribution in [0.3, 0.4) is 0 Å². The quantitative estimate of drug-likeness (QED) is 0.660. The second kappa shape index (κ2) is 9.16. The van der Waals surface area contributed by atoms with Crippen molar-refractivity contribution in [3.05, 3.63) is 29.8 Å². The third-order valence-electron chi connectivity index (χ3n) is 6.96. The maximum atomic E-state index is 12.8. The van der Waals surface area contributed by atoms with Gasteiger partial charge in [0.05, 0.1) is 6.61 Å². The third-order valence-corrected chi connectivity index (χ3v) is 6.96. The summed E-state index contributed by atoms with van der Waals surface area (Å²) in [5, 5.41) is 0. The van der Waals surface area contributed by atoms with Gasteiger partial charge in [-0.25, -0.2) is 0 Å². The Hall–Kier alpha value is -1.76. The Morgan fingerprint density at radius 3 is 2.47 bits per heavy atom. The molecule has 0 N–H and O–H groups in total. The molecule has 0 aliphatic carbocycles. The fourth-order valence-corrected chi connectivity index (χ4v) is 5.45. The molecule has 3 fully saturated rings. The maximum Gasteiger partial charge on any atom is 0.471 e. The SMILES string of the molecule is O=C(N1CCCCC1CCOc1ccc([C@H]2CC[C@H]3CCCCN32)cc1)C(F)(F)F. The normalized spacial score (nSPS) is 27.7. The minimum Gasteiger partial charge on any atom is -0.494 e. The molecule has 1 aromatic carbocycles. The van der Waals surface area contributed by atoms with Crippen LogP contribution in [-0.4, -0.2) is 53.7 Å². The van der Waals surface area contributed by atoms with Crippen molar-refractivity contribution in [3.8, 4) is 5.75 Å². The molecule has 1 unspecified atom stereocenters. The van der Waals surface area contributed by atoms with E-state index >= 15 is 0 Å². The zero-order chi connectivity index (χ0) is 21.1. The zero-order valence-corrected chi connectivity index (χ0v) is 17.4. The first kappa shape index (κ1) is 21.5. The summed E-state index contributed by atoms with van der Waals surface area (Å²) >= 11 is 0. The lowest BCUT2D eigenvalue weighted by Gasteiger charge is -2.36. The molecule has 0 radical (unpaired) electrons. The number of ether oxygens (including phenoxy) is 1. The molecule has 0 spiro atoms. The number of fused-ring (bicyclic) bond motifs is 1. The van der Waals surface area contributed by atoms with E-state index in [1.54, 1.807) is 0 Å². The van der Waals surface area contributed by atoms with Crippen LogP contribution in [0.4, 0.5) is 13.2 Å². The van der Waals surface area contributed by atoms with E-state index in [-0.39, 0.29) is 6.54 Å². The van der Waals surface area contributed by atoms with E-state index in [0.717, 1.165) is 23.1 Å². The molecular weight excluding hydrogens is 393 g/mol. The van der Waals surface area contributed by atoms with E-state index in [9.17, 15) is 18.0 Å². The number of hydrogen-bond acceptors (Lipinski definition) is 3. The van der Waals surface area contributed by atoms with Crippen molar-refractivity contribution >= 4 is 5.91 Å². The average molecular weight is 425 g/mol. The van der Waals surface area contributed by atoms with Crippen LogP contribution < -0.4 is 4.74 Å². The highest BCUT2D eigenvalue weighted by atomic mass is 19.4. The summed E-state index contributed by atoms with van der Waals surface area (Å²) < 4.78 is 44.3. The highest BCUT2D eigenvalue weighted by Gasteiger charge is 2.45. The smallest absolute Gasteiger partial charge is 0.471 e. The number of carbonyl (C=O) groups is 1. The molecule has 3 atom stereocenters. The van der Waals surface area contributed by atoms with Gasteiger partial charge in [0.25, 0.3) is 0 Å². The molecule has 1 amide bonds. The van der Waals surface area contributed by atoms with Crippen LogP contribution in [0.25, 0.3) is 0 Å². The Bertz CT molecular complexity index is 722. The number of nitrogens with zero attached hydrogens (tertiary/aromatic N) is 2. The summed E-state index contributed by atoms with van der Waals surface area (Å²) in [6.07, 6.45) is 4.10. The first-order chi connectivity index (χ1) is 14.4. The van der Waals surface area contributed by atoms with Gasteiger partial charge >= 0.3 is 12.1 Å². The second-order valence-electron chi connectivity index (χ2n) is 8.83. The zero-order valence-electron chi connectivity index (χ0n) is 17.4. The van der Waals surface area contributed by atoms with Crippen molar-refractivity contribution in [3.63, 3.8) is 0 Å². The summed E-state index contributed by atoms with van der Waals surface area (Å²) in [4.78, 5) is 15.3. The Morgan fingerprint density at radius 1 is 0.967 bits per heavy atom. The molecule has 166 valence electrons. The van der Waals surface area contributed by atoms with Crippen LogP contribution in [0.5, 0.6) is 5.75 Å². The van der Waals surface area contributed by atoms with E-state index in [2.05, 4.69) is 17.0 Å². The molecule has 1 aromatic rings. The van der Waals surface area contributed by atoms with Crippen LogP contribution in [0.2, 0.25) is 0 Å². The van der Waals surface area contributed by atoms with Gasteiger partial charge in [-0.3, -0.25) is 9.69 Å². The van der Waals surface area contributed by atoms with Crippen molar-refractivity contribution in [2.24, 2.45) is 0 Å². The number of rotatable bonds is 5. The fourth-order valence-electron chi connectivity index (χ4n) is 5.45. The standard InChI is InChI=1S/C23H31F3N2O2/c24-23(25,26)22(29)28-15-4-2-6-19(28)13-16-30-20-10-7-17(8-11-20)21-12-9-18-5-1-3-14-27(18)21/h7-8,10-11,18-19,21H,1-6,9,12-16H2/t18-,19?,21-/m1/s1. The first-order valence-corrected chi connectivity index (χ1v) is 11.3. The second-order valence-corrected chi connectivity index (χ2v) is 8.83. The summed E-state index contributed by atoms with van der Waals surface area (Å²) in [5.74, 6) is -0.986. The molecule has 0 saturated carbocycles. The van der Waals surface area contributed by atoms with Gasteiger partial charge in [-0.1, -0.05) is 18.6 Å². The molecular formula is C23H31F3N2O2. The maximum absolute atomic E-state index is 12.8. The summed E-state index contributed by atoms with van der Waals surface area (Å²) in [5.41, 5.74) is 1.32. The summed E-state index contributed by atoms with van der Waals surface area (Å²) in [6, 6.07) is 9.00. The number of alkyl halides is 3. The number of amides is 1. The number of halogens is 3. The lowest BCUT2D eigenvalue weighted by molar-refractivity contribution is -0.189. The topological polar surface area (TPSA) is 32.8 Å². The Labute approximate surface area is 176 Å². The largest absolute Gasteiger partial charge is 0.494 e. The van der Waals surface area contributed by atoms with Gasteiger partial charge in [0.2, 0.25) is 0 Å². The predicted molar refractivity (Wildman–Crippen MR) is 108 cm³/mol. The van der Waals surface area contributed by atoms with Crippen molar-refractivity contribution < 1.29 is 22.7 Å². The lowest BCUT2D eigenvalue weighted by atomic mass is 9.99. The van der Waals surface area contributed by atoms with E-state index in [4.69, 9.17) is 4.74 Å². The lowest BCUT2D eigenvalue weighted by Crippen LogP contribution is -2.49. The molecule has 3 aliphatic heterocycles. The van der Waals surface area contributed by atoms with Crippen molar-refractivity contribution in [2.45, 2.75) is 82.1 Å². The Kier molecular flexibility index (Phi) is 6.56. The van der Waals surface area contributed by atoms with Gasteiger partial charge in [0, 0.05) is 31.1 Å². The molecule has 0 aromatic heterocycles. The van der Waals surface area contributed by atoms with Gasteiger partial charge in [0.1, 0.15) is 5.75 Å². The van der Waals surface area contributed by atoms with Crippen molar-refractivity contribution in [1.82, 2.24) is 9.80 Å². The average Bonchev–Trinajstić information content (AvgIpc) is 3.18. The van der Waals surface area contributed by atoms with Crippen LogP contribution in [-0.2, 0) is 4.79 Å². The summed E-state index contributed by atoms with van der Waals surface area (Å²) in [6.45, 7) is 1.67. The highest BCUT2D eigenvalue weighted by molar-refractivity contribution is 5.82. The molecule has 3 aliphatic rings. The molecule has 3 heterocycles. The van der Waals surface area contributed by atoms with Crippen molar-refractivity contribution in [2.75, 3.05) is 19.7 Å². The van der Waals surface area contributed by atoms with Crippen LogP contribution in [0, 0.1) is 0 Å². The minimum absolute atomic E-state index is 0.177. The van der Waals surface area contributed by atoms with Gasteiger partial charge in [-0.05, 0) is 69.2 Å².